The van der Waals surface area contributed by atoms with Gasteiger partial charge in [0.25, 0.3) is 0 Å². The number of carboxylic acid groups (broad SMARTS) is 1. The van der Waals surface area contributed by atoms with Gasteiger partial charge in [-0.15, -0.1) is 0 Å². The number of aromatic nitrogens is 5. The van der Waals surface area contributed by atoms with Gasteiger partial charge in [0.1, 0.15) is 23.7 Å². The molecule has 0 radical (unpaired) electrons. The Morgan fingerprint density at radius 2 is 2.22 bits per heavy atom. The molecule has 7 heteroatoms. The fraction of sp³-hybridized carbons (Fsp3) is 0.455. The molecule has 0 saturated heterocycles. The maximum absolute atomic E-state index is 11.1. The van der Waals surface area contributed by atoms with Crippen LogP contribution >= 0.6 is 0 Å². The van der Waals surface area contributed by atoms with Crippen LogP contribution < -0.4 is 0 Å². The summed E-state index contributed by atoms with van der Waals surface area (Å²) in [4.78, 5) is 19.3. The molecule has 0 aliphatic heterocycles. The molecule has 18 heavy (non-hydrogen) atoms. The maximum atomic E-state index is 11.1. The van der Waals surface area contributed by atoms with E-state index in [4.69, 9.17) is 5.11 Å². The van der Waals surface area contributed by atoms with E-state index in [1.165, 1.54) is 12.5 Å². The van der Waals surface area contributed by atoms with E-state index in [0.29, 0.717) is 12.4 Å². The second-order valence-electron chi connectivity index (χ2n) is 3.98. The Kier molecular flexibility index (Phi) is 3.40. The highest BCUT2D eigenvalue weighted by Gasteiger charge is 2.15. The second kappa shape index (κ2) is 4.99. The first-order valence-corrected chi connectivity index (χ1v) is 5.75. The Morgan fingerprint density at radius 3 is 2.89 bits per heavy atom. The zero-order chi connectivity index (χ0) is 13.1. The van der Waals surface area contributed by atoms with Gasteiger partial charge in [-0.1, -0.05) is 6.92 Å². The van der Waals surface area contributed by atoms with Crippen molar-refractivity contribution in [3.63, 3.8) is 0 Å². The van der Waals surface area contributed by atoms with Crippen LogP contribution in [0.2, 0.25) is 0 Å². The Hall–Kier alpha value is -2.18. The molecule has 0 fully saturated rings. The lowest BCUT2D eigenvalue weighted by atomic mass is 10.4. The van der Waals surface area contributed by atoms with Crippen molar-refractivity contribution in [2.45, 2.75) is 33.4 Å². The van der Waals surface area contributed by atoms with Crippen LogP contribution in [-0.2, 0) is 13.1 Å². The van der Waals surface area contributed by atoms with Crippen molar-refractivity contribution < 1.29 is 9.90 Å². The summed E-state index contributed by atoms with van der Waals surface area (Å²) in [6.45, 7) is 4.96. The molecule has 0 atom stereocenters. The van der Waals surface area contributed by atoms with Gasteiger partial charge in [-0.25, -0.2) is 19.4 Å². The summed E-state index contributed by atoms with van der Waals surface area (Å²) in [5.41, 5.74) is 0.165. The highest BCUT2D eigenvalue weighted by Crippen LogP contribution is 2.08. The van der Waals surface area contributed by atoms with Crippen LogP contribution in [0.1, 0.15) is 35.5 Å². The molecule has 0 aromatic carbocycles. The molecule has 0 saturated carbocycles. The zero-order valence-electron chi connectivity index (χ0n) is 10.4. The standard InChI is InChI=1S/C11H15N5O2/c1-3-4-16-10(13-7-14-16)6-15-8(2)12-5-9(15)11(17)18/h5,7H,3-4,6H2,1-2H3,(H,17,18). The first-order valence-electron chi connectivity index (χ1n) is 5.75. The van der Waals surface area contributed by atoms with Crippen molar-refractivity contribution in [1.29, 1.82) is 0 Å². The van der Waals surface area contributed by atoms with Crippen molar-refractivity contribution >= 4 is 5.97 Å². The van der Waals surface area contributed by atoms with E-state index in [9.17, 15) is 4.79 Å². The normalized spacial score (nSPS) is 10.8. The molecule has 2 aromatic rings. The van der Waals surface area contributed by atoms with Crippen molar-refractivity contribution in [2.75, 3.05) is 0 Å². The number of aromatic carboxylic acids is 1. The number of rotatable bonds is 5. The predicted molar refractivity (Wildman–Crippen MR) is 63.3 cm³/mol. The Balaban J connectivity index is 2.31. The third kappa shape index (κ3) is 2.24. The van der Waals surface area contributed by atoms with Crippen LogP contribution in [0, 0.1) is 6.92 Å². The van der Waals surface area contributed by atoms with Gasteiger partial charge in [0.2, 0.25) is 0 Å². The summed E-state index contributed by atoms with van der Waals surface area (Å²) in [7, 11) is 0. The fourth-order valence-electron chi connectivity index (χ4n) is 1.79. The number of aryl methyl sites for hydroxylation is 2. The number of carbonyl (C=O) groups is 1. The summed E-state index contributed by atoms with van der Waals surface area (Å²) >= 11 is 0. The van der Waals surface area contributed by atoms with Gasteiger partial charge in [0, 0.05) is 6.54 Å². The van der Waals surface area contributed by atoms with E-state index in [-0.39, 0.29) is 5.69 Å². The minimum Gasteiger partial charge on any atom is -0.477 e. The van der Waals surface area contributed by atoms with Crippen molar-refractivity contribution in [2.24, 2.45) is 0 Å². The van der Waals surface area contributed by atoms with E-state index >= 15 is 0 Å². The van der Waals surface area contributed by atoms with Crippen LogP contribution in [0.3, 0.4) is 0 Å². The third-order valence-corrected chi connectivity index (χ3v) is 2.70. The van der Waals surface area contributed by atoms with Crippen LogP contribution in [-0.4, -0.2) is 35.4 Å². The smallest absolute Gasteiger partial charge is 0.354 e. The first-order chi connectivity index (χ1) is 8.63. The summed E-state index contributed by atoms with van der Waals surface area (Å²) in [6.07, 6.45) is 3.79. The van der Waals surface area contributed by atoms with E-state index in [2.05, 4.69) is 22.0 Å². The zero-order valence-corrected chi connectivity index (χ0v) is 10.4. The molecule has 96 valence electrons. The maximum Gasteiger partial charge on any atom is 0.354 e. The number of imidazole rings is 1. The van der Waals surface area contributed by atoms with Gasteiger partial charge < -0.3 is 9.67 Å². The Morgan fingerprint density at radius 1 is 1.44 bits per heavy atom. The molecule has 2 aromatic heterocycles. The van der Waals surface area contributed by atoms with Gasteiger partial charge in [-0.2, -0.15) is 5.10 Å². The molecule has 0 spiro atoms. The molecule has 0 amide bonds. The van der Waals surface area contributed by atoms with Gasteiger partial charge in [-0.05, 0) is 13.3 Å². The van der Waals surface area contributed by atoms with Gasteiger partial charge in [0.15, 0.2) is 0 Å². The van der Waals surface area contributed by atoms with Gasteiger partial charge in [0.05, 0.1) is 12.7 Å². The quantitative estimate of drug-likeness (QED) is 0.852. The predicted octanol–water partition coefficient (Wildman–Crippen LogP) is 0.940. The molecule has 1 N–H and O–H groups in total. The van der Waals surface area contributed by atoms with Crippen LogP contribution in [0.25, 0.3) is 0 Å². The highest BCUT2D eigenvalue weighted by atomic mass is 16.4. The van der Waals surface area contributed by atoms with E-state index in [1.54, 1.807) is 16.2 Å². The van der Waals surface area contributed by atoms with E-state index in [0.717, 1.165) is 18.8 Å². The van der Waals surface area contributed by atoms with Crippen molar-refractivity contribution in [1.82, 2.24) is 24.3 Å². The average molecular weight is 249 g/mol. The molecule has 2 rings (SSSR count). The summed E-state index contributed by atoms with van der Waals surface area (Å²) in [5.74, 6) is 0.399. The van der Waals surface area contributed by atoms with Crippen molar-refractivity contribution in [3.05, 3.63) is 29.9 Å². The van der Waals surface area contributed by atoms with E-state index < -0.39 is 5.97 Å². The molecule has 0 unspecified atom stereocenters. The second-order valence-corrected chi connectivity index (χ2v) is 3.98. The summed E-state index contributed by atoms with van der Waals surface area (Å²) in [6, 6.07) is 0. The molecule has 0 bridgehead atoms. The third-order valence-electron chi connectivity index (χ3n) is 2.70. The number of nitrogens with zero attached hydrogens (tertiary/aromatic N) is 5. The van der Waals surface area contributed by atoms with Gasteiger partial charge in [-0.3, -0.25) is 0 Å². The molecular formula is C11H15N5O2. The highest BCUT2D eigenvalue weighted by molar-refractivity contribution is 5.85. The lowest BCUT2D eigenvalue weighted by molar-refractivity contribution is 0.0685. The number of hydrogen-bond acceptors (Lipinski definition) is 4. The fourth-order valence-corrected chi connectivity index (χ4v) is 1.79. The van der Waals surface area contributed by atoms with Gasteiger partial charge >= 0.3 is 5.97 Å². The Bertz CT molecular complexity index is 558. The van der Waals surface area contributed by atoms with Crippen LogP contribution in [0.4, 0.5) is 0 Å². The minimum absolute atomic E-state index is 0.165. The molecule has 0 aliphatic rings. The molecular weight excluding hydrogens is 234 g/mol. The summed E-state index contributed by atoms with van der Waals surface area (Å²) < 4.78 is 3.41. The first kappa shape index (κ1) is 12.3. The molecule has 0 aliphatic carbocycles. The lowest BCUT2D eigenvalue weighted by Gasteiger charge is -2.08. The summed E-state index contributed by atoms with van der Waals surface area (Å²) in [5, 5.41) is 13.2. The van der Waals surface area contributed by atoms with Crippen LogP contribution in [0.5, 0.6) is 0 Å². The SMILES string of the molecule is CCCn1ncnc1Cn1c(C(=O)O)cnc1C. The number of carboxylic acids is 1. The topological polar surface area (TPSA) is 85.8 Å². The van der Waals surface area contributed by atoms with E-state index in [1.807, 2.05) is 0 Å². The average Bonchev–Trinajstić information content (AvgIpc) is 2.89. The van der Waals surface area contributed by atoms with Crippen molar-refractivity contribution in [3.8, 4) is 0 Å². The largest absolute Gasteiger partial charge is 0.477 e. The minimum atomic E-state index is -0.989. The van der Waals surface area contributed by atoms with Crippen LogP contribution in [0.15, 0.2) is 12.5 Å². The monoisotopic (exact) mass is 249 g/mol. The number of hydrogen-bond donors (Lipinski definition) is 1. The lowest BCUT2D eigenvalue weighted by Crippen LogP contribution is -2.15. The Labute approximate surface area is 104 Å². The molecule has 7 nitrogen and oxygen atoms in total. The molecule has 2 heterocycles.